The van der Waals surface area contributed by atoms with Gasteiger partial charge < -0.3 is 5.73 Å². The van der Waals surface area contributed by atoms with E-state index in [1.807, 2.05) is 12.1 Å². The van der Waals surface area contributed by atoms with Gasteiger partial charge in [0.2, 0.25) is 0 Å². The first-order valence-corrected chi connectivity index (χ1v) is 4.68. The van der Waals surface area contributed by atoms with Gasteiger partial charge in [0, 0.05) is 6.04 Å². The van der Waals surface area contributed by atoms with Crippen LogP contribution in [0.2, 0.25) is 0 Å². The number of benzene rings is 1. The predicted octanol–water partition coefficient (Wildman–Crippen LogP) is 2.96. The summed E-state index contributed by atoms with van der Waals surface area (Å²) in [6.45, 7) is 1.71. The zero-order valence-corrected chi connectivity index (χ0v) is 7.96. The molecule has 2 N–H and O–H groups in total. The van der Waals surface area contributed by atoms with Crippen LogP contribution in [-0.2, 0) is 6.67 Å². The van der Waals surface area contributed by atoms with E-state index in [0.717, 1.165) is 18.4 Å². The van der Waals surface area contributed by atoms with Crippen LogP contribution in [0, 0.1) is 0 Å². The van der Waals surface area contributed by atoms with Crippen molar-refractivity contribution < 1.29 is 4.39 Å². The van der Waals surface area contributed by atoms with Crippen LogP contribution < -0.4 is 5.73 Å². The van der Waals surface area contributed by atoms with Gasteiger partial charge in [0.25, 0.3) is 0 Å². The Morgan fingerprint density at radius 1 is 1.31 bits per heavy atom. The van der Waals surface area contributed by atoms with Crippen molar-refractivity contribution in [1.29, 1.82) is 0 Å². The Labute approximate surface area is 78.8 Å². The molecule has 0 aliphatic carbocycles. The summed E-state index contributed by atoms with van der Waals surface area (Å²) in [5, 5.41) is 0. The van der Waals surface area contributed by atoms with Crippen molar-refractivity contribution in [2.75, 3.05) is 0 Å². The third kappa shape index (κ3) is 2.81. The fraction of sp³-hybridized carbons (Fsp3) is 0.455. The van der Waals surface area contributed by atoms with Crippen LogP contribution in [-0.4, -0.2) is 0 Å². The van der Waals surface area contributed by atoms with Crippen LogP contribution in [0.15, 0.2) is 24.3 Å². The lowest BCUT2D eigenvalue weighted by molar-refractivity contribution is 0.485. The van der Waals surface area contributed by atoms with Gasteiger partial charge in [0.1, 0.15) is 6.67 Å². The van der Waals surface area contributed by atoms with E-state index in [1.165, 1.54) is 0 Å². The Bertz CT molecular complexity index is 243. The molecule has 1 aromatic carbocycles. The molecule has 0 heterocycles. The first-order chi connectivity index (χ1) is 6.27. The minimum Gasteiger partial charge on any atom is -0.324 e. The average molecular weight is 181 g/mol. The molecule has 1 aromatic rings. The smallest absolute Gasteiger partial charge is 0.115 e. The second-order valence-electron chi connectivity index (χ2n) is 3.27. The fourth-order valence-electron chi connectivity index (χ4n) is 1.33. The van der Waals surface area contributed by atoms with Gasteiger partial charge in [-0.3, -0.25) is 0 Å². The molecule has 72 valence electrons. The van der Waals surface area contributed by atoms with Crippen LogP contribution in [0.5, 0.6) is 0 Å². The standard InChI is InChI=1S/C11H16FN/c1-2-3-11(13)10-6-4-9(8-12)5-7-10/h4-7,11H,2-3,8,13H2,1H3. The van der Waals surface area contributed by atoms with E-state index in [4.69, 9.17) is 5.73 Å². The zero-order chi connectivity index (χ0) is 9.68. The molecule has 1 atom stereocenters. The van der Waals surface area contributed by atoms with Crippen LogP contribution in [0.3, 0.4) is 0 Å². The summed E-state index contributed by atoms with van der Waals surface area (Å²) >= 11 is 0. The highest BCUT2D eigenvalue weighted by molar-refractivity contribution is 5.24. The van der Waals surface area contributed by atoms with Gasteiger partial charge in [-0.05, 0) is 17.5 Å². The molecular formula is C11H16FN. The minimum atomic E-state index is -0.400. The second kappa shape index (κ2) is 4.97. The van der Waals surface area contributed by atoms with Gasteiger partial charge >= 0.3 is 0 Å². The molecule has 0 saturated heterocycles. The molecule has 0 aromatic heterocycles. The van der Waals surface area contributed by atoms with Gasteiger partial charge in [-0.15, -0.1) is 0 Å². The van der Waals surface area contributed by atoms with Crippen LogP contribution >= 0.6 is 0 Å². The molecule has 0 aliphatic heterocycles. The lowest BCUT2D eigenvalue weighted by atomic mass is 10.0. The summed E-state index contributed by atoms with van der Waals surface area (Å²) in [7, 11) is 0. The van der Waals surface area contributed by atoms with E-state index in [0.29, 0.717) is 5.56 Å². The fourth-order valence-corrected chi connectivity index (χ4v) is 1.33. The van der Waals surface area contributed by atoms with Crippen LogP contribution in [0.1, 0.15) is 36.9 Å². The van der Waals surface area contributed by atoms with Crippen molar-refractivity contribution in [2.24, 2.45) is 5.73 Å². The summed E-state index contributed by atoms with van der Waals surface area (Å²) in [6, 6.07) is 7.51. The lowest BCUT2D eigenvalue weighted by Crippen LogP contribution is -2.09. The van der Waals surface area contributed by atoms with E-state index in [1.54, 1.807) is 12.1 Å². The van der Waals surface area contributed by atoms with Crippen LogP contribution in [0.25, 0.3) is 0 Å². The van der Waals surface area contributed by atoms with E-state index < -0.39 is 6.67 Å². The molecule has 0 radical (unpaired) electrons. The quantitative estimate of drug-likeness (QED) is 0.759. The topological polar surface area (TPSA) is 26.0 Å². The molecule has 0 aliphatic rings. The Balaban J connectivity index is 2.67. The third-order valence-electron chi connectivity index (χ3n) is 2.16. The lowest BCUT2D eigenvalue weighted by Gasteiger charge is -2.10. The maximum absolute atomic E-state index is 12.2. The number of alkyl halides is 1. The van der Waals surface area contributed by atoms with E-state index in [2.05, 4.69) is 6.92 Å². The molecule has 0 spiro atoms. The maximum Gasteiger partial charge on any atom is 0.115 e. The summed E-state index contributed by atoms with van der Waals surface area (Å²) in [6.07, 6.45) is 2.06. The molecule has 0 saturated carbocycles. The van der Waals surface area contributed by atoms with Crippen molar-refractivity contribution in [1.82, 2.24) is 0 Å². The Hall–Kier alpha value is -0.890. The molecule has 1 nitrogen and oxygen atoms in total. The maximum atomic E-state index is 12.2. The van der Waals surface area contributed by atoms with Crippen molar-refractivity contribution in [3.63, 3.8) is 0 Å². The van der Waals surface area contributed by atoms with Crippen molar-refractivity contribution in [2.45, 2.75) is 32.5 Å². The van der Waals surface area contributed by atoms with Crippen molar-refractivity contribution in [3.8, 4) is 0 Å². The van der Waals surface area contributed by atoms with Crippen molar-refractivity contribution >= 4 is 0 Å². The number of hydrogen-bond acceptors (Lipinski definition) is 1. The van der Waals surface area contributed by atoms with Crippen molar-refractivity contribution in [3.05, 3.63) is 35.4 Å². The first kappa shape index (κ1) is 10.2. The predicted molar refractivity (Wildman–Crippen MR) is 53.1 cm³/mol. The zero-order valence-electron chi connectivity index (χ0n) is 7.96. The third-order valence-corrected chi connectivity index (χ3v) is 2.16. The normalized spacial score (nSPS) is 12.8. The van der Waals surface area contributed by atoms with E-state index >= 15 is 0 Å². The molecular weight excluding hydrogens is 165 g/mol. The summed E-state index contributed by atoms with van der Waals surface area (Å²) in [5.74, 6) is 0. The molecule has 1 rings (SSSR count). The highest BCUT2D eigenvalue weighted by Gasteiger charge is 2.03. The molecule has 13 heavy (non-hydrogen) atoms. The summed E-state index contributed by atoms with van der Waals surface area (Å²) in [4.78, 5) is 0. The molecule has 0 bridgehead atoms. The Morgan fingerprint density at radius 2 is 1.92 bits per heavy atom. The number of hydrogen-bond donors (Lipinski definition) is 1. The molecule has 0 amide bonds. The molecule has 2 heteroatoms. The minimum absolute atomic E-state index is 0.0960. The van der Waals surface area contributed by atoms with Gasteiger partial charge in [-0.1, -0.05) is 37.6 Å². The highest BCUT2D eigenvalue weighted by Crippen LogP contribution is 2.16. The number of halogens is 1. The monoisotopic (exact) mass is 181 g/mol. The van der Waals surface area contributed by atoms with Gasteiger partial charge in [0.15, 0.2) is 0 Å². The summed E-state index contributed by atoms with van der Waals surface area (Å²) < 4.78 is 12.2. The Kier molecular flexibility index (Phi) is 3.90. The Morgan fingerprint density at radius 3 is 2.38 bits per heavy atom. The first-order valence-electron chi connectivity index (χ1n) is 4.68. The van der Waals surface area contributed by atoms with E-state index in [-0.39, 0.29) is 6.04 Å². The van der Waals surface area contributed by atoms with Crippen LogP contribution in [0.4, 0.5) is 4.39 Å². The molecule has 0 fully saturated rings. The average Bonchev–Trinajstić information content (AvgIpc) is 2.18. The van der Waals surface area contributed by atoms with Gasteiger partial charge in [-0.2, -0.15) is 0 Å². The molecule has 1 unspecified atom stereocenters. The summed E-state index contributed by atoms with van der Waals surface area (Å²) in [5.41, 5.74) is 7.71. The van der Waals surface area contributed by atoms with Gasteiger partial charge in [0.05, 0.1) is 0 Å². The van der Waals surface area contributed by atoms with E-state index in [9.17, 15) is 4.39 Å². The highest BCUT2D eigenvalue weighted by atomic mass is 19.1. The second-order valence-corrected chi connectivity index (χ2v) is 3.27. The number of nitrogens with two attached hydrogens (primary N) is 1. The SMILES string of the molecule is CCCC(N)c1ccc(CF)cc1. The largest absolute Gasteiger partial charge is 0.324 e. The van der Waals surface area contributed by atoms with Gasteiger partial charge in [-0.25, -0.2) is 4.39 Å². The number of rotatable bonds is 4.